The van der Waals surface area contributed by atoms with Gasteiger partial charge in [0.25, 0.3) is 0 Å². The maximum absolute atomic E-state index is 4.60. The van der Waals surface area contributed by atoms with Gasteiger partial charge in [-0.1, -0.05) is 26.0 Å². The molecule has 0 radical (unpaired) electrons. The monoisotopic (exact) mass is 429 g/mol. The maximum atomic E-state index is 4.60. The number of imidazole rings is 1. The number of aryl methyl sites for hydroxylation is 2. The van der Waals surface area contributed by atoms with E-state index in [1.165, 1.54) is 5.52 Å². The summed E-state index contributed by atoms with van der Waals surface area (Å²) in [4.78, 5) is 8.84. The lowest BCUT2D eigenvalue weighted by Crippen LogP contribution is -2.39. The highest BCUT2D eigenvalue weighted by Crippen LogP contribution is 2.15. The molecule has 23 heavy (non-hydrogen) atoms. The average molecular weight is 429 g/mol. The van der Waals surface area contributed by atoms with Crippen LogP contribution in [0.2, 0.25) is 0 Å². The fraction of sp³-hybridized carbons (Fsp3) is 0.529. The van der Waals surface area contributed by atoms with Crippen LogP contribution in [0.4, 0.5) is 0 Å². The highest BCUT2D eigenvalue weighted by molar-refractivity contribution is 14.0. The zero-order valence-electron chi connectivity index (χ0n) is 14.5. The Morgan fingerprint density at radius 3 is 2.70 bits per heavy atom. The largest absolute Gasteiger partial charge is 0.356 e. The molecule has 0 aliphatic heterocycles. The van der Waals surface area contributed by atoms with E-state index in [0.717, 1.165) is 43.4 Å². The lowest BCUT2D eigenvalue weighted by atomic mass is 10.2. The second-order valence-corrected chi connectivity index (χ2v) is 5.93. The van der Waals surface area contributed by atoms with Gasteiger partial charge in [-0.25, -0.2) is 4.98 Å². The number of nitrogens with zero attached hydrogens (tertiary/aromatic N) is 3. The van der Waals surface area contributed by atoms with Crippen molar-refractivity contribution in [2.24, 2.45) is 10.9 Å². The Morgan fingerprint density at radius 1 is 1.26 bits per heavy atom. The number of aliphatic imine (C=N–C) groups is 1. The Labute approximate surface area is 156 Å². The summed E-state index contributed by atoms with van der Waals surface area (Å²) in [5.41, 5.74) is 2.28. The minimum absolute atomic E-state index is 0. The standard InChI is InChI=1S/C17H27N5.HI/c1-13(2)12-20-17(18-4)19-10-7-11-22-14(3)21-15-8-5-6-9-16(15)22;/h5-6,8-9,13H,7,10-12H2,1-4H3,(H2,18,19,20);1H. The third-order valence-electron chi connectivity index (χ3n) is 3.60. The van der Waals surface area contributed by atoms with Crippen LogP contribution in [-0.2, 0) is 6.54 Å². The average Bonchev–Trinajstić information content (AvgIpc) is 2.82. The number of hydrogen-bond donors (Lipinski definition) is 2. The smallest absolute Gasteiger partial charge is 0.190 e. The molecule has 0 amide bonds. The number of halogens is 1. The number of aromatic nitrogens is 2. The third kappa shape index (κ3) is 5.67. The van der Waals surface area contributed by atoms with Crippen LogP contribution < -0.4 is 10.6 Å². The van der Waals surface area contributed by atoms with Crippen LogP contribution in [0.15, 0.2) is 29.3 Å². The summed E-state index contributed by atoms with van der Waals surface area (Å²) in [5.74, 6) is 2.56. The lowest BCUT2D eigenvalue weighted by Gasteiger charge is -2.14. The minimum Gasteiger partial charge on any atom is -0.356 e. The Balaban J connectivity index is 0.00000264. The van der Waals surface area contributed by atoms with Gasteiger partial charge in [-0.2, -0.15) is 0 Å². The van der Waals surface area contributed by atoms with E-state index in [4.69, 9.17) is 0 Å². The van der Waals surface area contributed by atoms with Gasteiger partial charge in [0.2, 0.25) is 0 Å². The van der Waals surface area contributed by atoms with E-state index in [1.807, 2.05) is 13.1 Å². The highest BCUT2D eigenvalue weighted by atomic mass is 127. The molecule has 1 heterocycles. The molecule has 6 heteroatoms. The second-order valence-electron chi connectivity index (χ2n) is 5.93. The number of para-hydroxylation sites is 2. The molecule has 2 N–H and O–H groups in total. The molecule has 0 aliphatic carbocycles. The van der Waals surface area contributed by atoms with Gasteiger partial charge in [0, 0.05) is 26.7 Å². The van der Waals surface area contributed by atoms with Crippen LogP contribution in [-0.4, -0.2) is 35.6 Å². The molecule has 2 rings (SSSR count). The first kappa shape index (κ1) is 19.7. The fourth-order valence-corrected chi connectivity index (χ4v) is 2.44. The molecular weight excluding hydrogens is 401 g/mol. The summed E-state index contributed by atoms with van der Waals surface area (Å²) in [6.07, 6.45) is 1.03. The van der Waals surface area contributed by atoms with Crippen molar-refractivity contribution >= 4 is 41.0 Å². The van der Waals surface area contributed by atoms with Crippen LogP contribution in [0.5, 0.6) is 0 Å². The molecule has 0 fully saturated rings. The van der Waals surface area contributed by atoms with Gasteiger partial charge >= 0.3 is 0 Å². The summed E-state index contributed by atoms with van der Waals surface area (Å²) in [5, 5.41) is 6.68. The van der Waals surface area contributed by atoms with E-state index in [0.29, 0.717) is 5.92 Å². The molecule has 1 aromatic heterocycles. The van der Waals surface area contributed by atoms with Gasteiger partial charge in [0.15, 0.2) is 5.96 Å². The summed E-state index contributed by atoms with van der Waals surface area (Å²) >= 11 is 0. The first-order valence-electron chi connectivity index (χ1n) is 7.98. The van der Waals surface area contributed by atoms with Crippen molar-refractivity contribution in [1.82, 2.24) is 20.2 Å². The van der Waals surface area contributed by atoms with E-state index in [1.54, 1.807) is 0 Å². The first-order chi connectivity index (χ1) is 10.6. The number of nitrogens with one attached hydrogen (secondary N) is 2. The van der Waals surface area contributed by atoms with E-state index >= 15 is 0 Å². The van der Waals surface area contributed by atoms with Crippen molar-refractivity contribution in [2.75, 3.05) is 20.1 Å². The zero-order chi connectivity index (χ0) is 15.9. The molecule has 2 aromatic rings. The third-order valence-corrected chi connectivity index (χ3v) is 3.60. The predicted octanol–water partition coefficient (Wildman–Crippen LogP) is 3.17. The van der Waals surface area contributed by atoms with Gasteiger partial charge < -0.3 is 15.2 Å². The maximum Gasteiger partial charge on any atom is 0.190 e. The quantitative estimate of drug-likeness (QED) is 0.321. The van der Waals surface area contributed by atoms with Crippen molar-refractivity contribution in [3.05, 3.63) is 30.1 Å². The molecule has 0 bridgehead atoms. The van der Waals surface area contributed by atoms with E-state index in [-0.39, 0.29) is 24.0 Å². The van der Waals surface area contributed by atoms with Gasteiger partial charge in [-0.3, -0.25) is 4.99 Å². The number of guanidine groups is 1. The molecule has 5 nitrogen and oxygen atoms in total. The topological polar surface area (TPSA) is 54.2 Å². The van der Waals surface area contributed by atoms with Crippen LogP contribution in [0.1, 0.15) is 26.1 Å². The van der Waals surface area contributed by atoms with E-state index < -0.39 is 0 Å². The van der Waals surface area contributed by atoms with Gasteiger partial charge in [0.05, 0.1) is 11.0 Å². The molecule has 0 aliphatic rings. The van der Waals surface area contributed by atoms with Gasteiger partial charge in [0.1, 0.15) is 5.82 Å². The van der Waals surface area contributed by atoms with E-state index in [2.05, 4.69) is 64.1 Å². The molecule has 0 unspecified atom stereocenters. The second kappa shape index (κ2) is 9.75. The predicted molar refractivity (Wildman–Crippen MR) is 109 cm³/mol. The summed E-state index contributed by atoms with van der Waals surface area (Å²) in [6, 6.07) is 8.29. The Morgan fingerprint density at radius 2 is 2.00 bits per heavy atom. The minimum atomic E-state index is 0. The van der Waals surface area contributed by atoms with Crippen molar-refractivity contribution in [1.29, 1.82) is 0 Å². The molecule has 0 saturated carbocycles. The molecule has 0 spiro atoms. The Hall–Kier alpha value is -1.31. The molecule has 0 saturated heterocycles. The van der Waals surface area contributed by atoms with Crippen molar-refractivity contribution in [2.45, 2.75) is 33.7 Å². The fourth-order valence-electron chi connectivity index (χ4n) is 2.44. The van der Waals surface area contributed by atoms with Crippen LogP contribution in [0.3, 0.4) is 0 Å². The van der Waals surface area contributed by atoms with Crippen LogP contribution in [0.25, 0.3) is 11.0 Å². The summed E-state index contributed by atoms with van der Waals surface area (Å²) in [6.45, 7) is 9.23. The van der Waals surface area contributed by atoms with Crippen LogP contribution in [0, 0.1) is 12.8 Å². The van der Waals surface area contributed by atoms with Crippen molar-refractivity contribution < 1.29 is 0 Å². The van der Waals surface area contributed by atoms with Gasteiger partial charge in [-0.15, -0.1) is 24.0 Å². The number of rotatable bonds is 6. The molecular formula is C17H28IN5. The number of fused-ring (bicyclic) bond motifs is 1. The van der Waals surface area contributed by atoms with Crippen molar-refractivity contribution in [3.8, 4) is 0 Å². The lowest BCUT2D eigenvalue weighted by molar-refractivity contribution is 0.599. The molecule has 0 atom stereocenters. The van der Waals surface area contributed by atoms with E-state index in [9.17, 15) is 0 Å². The Kier molecular flexibility index (Phi) is 8.36. The summed E-state index contributed by atoms with van der Waals surface area (Å²) < 4.78 is 2.28. The van der Waals surface area contributed by atoms with Gasteiger partial charge in [-0.05, 0) is 31.4 Å². The van der Waals surface area contributed by atoms with Crippen LogP contribution >= 0.6 is 24.0 Å². The first-order valence-corrected chi connectivity index (χ1v) is 7.98. The number of benzene rings is 1. The summed E-state index contributed by atoms with van der Waals surface area (Å²) in [7, 11) is 1.81. The molecule has 1 aromatic carbocycles. The number of hydrogen-bond acceptors (Lipinski definition) is 2. The van der Waals surface area contributed by atoms with Crippen molar-refractivity contribution in [3.63, 3.8) is 0 Å². The molecule has 128 valence electrons. The SMILES string of the molecule is CN=C(NCCCn1c(C)nc2ccccc21)NCC(C)C.I. The zero-order valence-corrected chi connectivity index (χ0v) is 16.8. The normalized spacial score (nSPS) is 11.6. The Bertz CT molecular complexity index is 633. The highest BCUT2D eigenvalue weighted by Gasteiger charge is 2.06.